The van der Waals surface area contributed by atoms with Gasteiger partial charge in [0, 0.05) is 0 Å². The van der Waals surface area contributed by atoms with Crippen molar-refractivity contribution in [1.29, 1.82) is 0 Å². The Hall–Kier alpha value is 0.260. The van der Waals surface area contributed by atoms with Gasteiger partial charge in [0.1, 0.15) is 0 Å². The zero-order chi connectivity index (χ0) is 9.41. The van der Waals surface area contributed by atoms with Crippen LogP contribution in [0.1, 0.15) is 13.8 Å². The van der Waals surface area contributed by atoms with Crippen molar-refractivity contribution in [2.24, 2.45) is 5.92 Å². The van der Waals surface area contributed by atoms with Crippen LogP contribution >= 0.6 is 18.3 Å². The molecule has 1 aliphatic rings. The first-order valence-corrected chi connectivity index (χ1v) is 7.80. The predicted molar refractivity (Wildman–Crippen MR) is 56.4 cm³/mol. The molecule has 0 aliphatic carbocycles. The van der Waals surface area contributed by atoms with Crippen LogP contribution in [0.3, 0.4) is 0 Å². The van der Waals surface area contributed by atoms with Crippen molar-refractivity contribution in [2.75, 3.05) is 13.3 Å². The summed E-state index contributed by atoms with van der Waals surface area (Å²) >= 11 is 1.51. The molecule has 0 aromatic heterocycles. The molecule has 2 nitrogen and oxygen atoms in total. The Morgan fingerprint density at radius 1 is 1.75 bits per heavy atom. The van der Waals surface area contributed by atoms with Crippen molar-refractivity contribution in [1.82, 2.24) is 0 Å². The summed E-state index contributed by atoms with van der Waals surface area (Å²) in [4.78, 5) is 9.73. The Kier molecular flexibility index (Phi) is 2.75. The predicted octanol–water partition coefficient (Wildman–Crippen LogP) is 1.89. The zero-order valence-electron chi connectivity index (χ0n) is 7.63. The summed E-state index contributed by atoms with van der Waals surface area (Å²) in [6, 6.07) is 0. The van der Waals surface area contributed by atoms with E-state index in [-0.39, 0.29) is 10.7 Å². The van der Waals surface area contributed by atoms with Crippen molar-refractivity contribution in [3.05, 3.63) is 0 Å². The molecule has 0 saturated carbocycles. The molecule has 1 saturated heterocycles. The second-order valence-corrected chi connectivity index (χ2v) is 9.86. The first-order chi connectivity index (χ1) is 5.37. The maximum absolute atomic E-state index is 9.73. The summed E-state index contributed by atoms with van der Waals surface area (Å²) in [5, 5.41) is 0. The van der Waals surface area contributed by atoms with Crippen LogP contribution in [0.15, 0.2) is 0 Å². The molecule has 1 N–H and O–H groups in total. The van der Waals surface area contributed by atoms with E-state index in [0.717, 1.165) is 0 Å². The molecule has 0 aromatic carbocycles. The summed E-state index contributed by atoms with van der Waals surface area (Å²) in [6.45, 7) is 3.94. The van der Waals surface area contributed by atoms with E-state index >= 15 is 0 Å². The van der Waals surface area contributed by atoms with Gasteiger partial charge in [-0.3, -0.25) is 0 Å². The Morgan fingerprint density at radius 2 is 2.33 bits per heavy atom. The molecule has 0 spiro atoms. The van der Waals surface area contributed by atoms with E-state index in [1.54, 1.807) is 6.66 Å². The van der Waals surface area contributed by atoms with E-state index in [1.807, 2.05) is 0 Å². The van der Waals surface area contributed by atoms with E-state index < -0.39 is 6.92 Å². The van der Waals surface area contributed by atoms with Crippen molar-refractivity contribution >= 4 is 18.3 Å². The fourth-order valence-electron chi connectivity index (χ4n) is 1.28. The quantitative estimate of drug-likeness (QED) is 0.485. The molecule has 1 rings (SSSR count). The monoisotopic (exact) mass is 206 g/mol. The standard InChI is InChI=1S/C8H15O2PS/c1-5-7-6-10-11(4,9)12-8(7,2)3/h1,7,9,11H,6H2,2-4H3. The molecule has 0 radical (unpaired) electrons. The Morgan fingerprint density at radius 3 is 2.75 bits per heavy atom. The van der Waals surface area contributed by atoms with Gasteiger partial charge in [0.15, 0.2) is 0 Å². The number of rotatable bonds is 0. The molecule has 12 heavy (non-hydrogen) atoms. The molecular formula is C8H15O2PS. The summed E-state index contributed by atoms with van der Waals surface area (Å²) in [6.07, 6.45) is 5.36. The first kappa shape index (κ1) is 10.3. The first-order valence-electron chi connectivity index (χ1n) is 3.90. The fraction of sp³-hybridized carbons (Fsp3) is 0.750. The van der Waals surface area contributed by atoms with Crippen LogP contribution in [-0.2, 0) is 4.52 Å². The summed E-state index contributed by atoms with van der Waals surface area (Å²) in [7, 11) is 0. The van der Waals surface area contributed by atoms with E-state index in [0.29, 0.717) is 6.61 Å². The second kappa shape index (κ2) is 3.20. The average molecular weight is 206 g/mol. The van der Waals surface area contributed by atoms with Crippen LogP contribution in [-0.4, -0.2) is 22.9 Å². The Labute approximate surface area is 78.3 Å². The summed E-state index contributed by atoms with van der Waals surface area (Å²) in [5.74, 6) is 2.80. The van der Waals surface area contributed by atoms with E-state index in [4.69, 9.17) is 10.9 Å². The molecule has 1 unspecified atom stereocenters. The third-order valence-electron chi connectivity index (χ3n) is 2.01. The van der Waals surface area contributed by atoms with E-state index in [9.17, 15) is 4.89 Å². The molecule has 1 fully saturated rings. The fourth-order valence-corrected chi connectivity index (χ4v) is 6.80. The van der Waals surface area contributed by atoms with Crippen LogP contribution in [0, 0.1) is 18.3 Å². The Balaban J connectivity index is 2.76. The van der Waals surface area contributed by atoms with Crippen LogP contribution in [0.2, 0.25) is 0 Å². The normalized spacial score (nSPS) is 35.1. The molecule has 70 valence electrons. The van der Waals surface area contributed by atoms with Crippen molar-refractivity contribution in [3.8, 4) is 12.3 Å². The van der Waals surface area contributed by atoms with Gasteiger partial charge in [-0.2, -0.15) is 0 Å². The third kappa shape index (κ3) is 2.14. The van der Waals surface area contributed by atoms with Gasteiger partial charge in [-0.25, -0.2) is 0 Å². The van der Waals surface area contributed by atoms with E-state index in [2.05, 4.69) is 19.8 Å². The molecular weight excluding hydrogens is 191 g/mol. The molecule has 1 atom stereocenters. The van der Waals surface area contributed by atoms with Gasteiger partial charge in [-0.15, -0.1) is 0 Å². The van der Waals surface area contributed by atoms with Crippen molar-refractivity contribution in [3.63, 3.8) is 0 Å². The van der Waals surface area contributed by atoms with Crippen LogP contribution < -0.4 is 0 Å². The minimum atomic E-state index is -2.46. The SMILES string of the molecule is C#CC1CO[PH](C)(O)SC1(C)C. The van der Waals surface area contributed by atoms with Crippen LogP contribution in [0.4, 0.5) is 0 Å². The number of hydrogen-bond donors (Lipinski definition) is 1. The van der Waals surface area contributed by atoms with Crippen molar-refractivity contribution < 1.29 is 9.42 Å². The van der Waals surface area contributed by atoms with Gasteiger partial charge in [-0.05, 0) is 0 Å². The van der Waals surface area contributed by atoms with Gasteiger partial charge in [0.25, 0.3) is 0 Å². The van der Waals surface area contributed by atoms with Gasteiger partial charge in [0.05, 0.1) is 0 Å². The van der Waals surface area contributed by atoms with Crippen LogP contribution in [0.5, 0.6) is 0 Å². The summed E-state index contributed by atoms with van der Waals surface area (Å²) < 4.78 is 5.27. The molecule has 1 aliphatic heterocycles. The molecule has 1 heterocycles. The van der Waals surface area contributed by atoms with Gasteiger partial charge < -0.3 is 0 Å². The topological polar surface area (TPSA) is 29.5 Å². The second-order valence-electron chi connectivity index (χ2n) is 3.63. The van der Waals surface area contributed by atoms with Crippen LogP contribution in [0.25, 0.3) is 0 Å². The minimum absolute atomic E-state index is 0.0529. The molecule has 0 bridgehead atoms. The molecule has 4 heteroatoms. The molecule has 0 amide bonds. The molecule has 0 aromatic rings. The zero-order valence-corrected chi connectivity index (χ0v) is 9.44. The van der Waals surface area contributed by atoms with E-state index in [1.165, 1.54) is 11.4 Å². The van der Waals surface area contributed by atoms with Crippen molar-refractivity contribution in [2.45, 2.75) is 18.6 Å². The maximum atomic E-state index is 9.73. The third-order valence-corrected chi connectivity index (χ3v) is 6.97. The summed E-state index contributed by atoms with van der Waals surface area (Å²) in [5.41, 5.74) is 0. The number of terminal acetylenes is 1. The van der Waals surface area contributed by atoms with Gasteiger partial charge in [-0.1, -0.05) is 0 Å². The van der Waals surface area contributed by atoms with Gasteiger partial charge in [0.2, 0.25) is 0 Å². The Bertz CT molecular complexity index is 220. The average Bonchev–Trinajstić information content (AvgIpc) is 1.83. The number of hydrogen-bond acceptors (Lipinski definition) is 3. The van der Waals surface area contributed by atoms with Gasteiger partial charge >= 0.3 is 77.8 Å².